The summed E-state index contributed by atoms with van der Waals surface area (Å²) < 4.78 is 16.2. The summed E-state index contributed by atoms with van der Waals surface area (Å²) >= 11 is 0. The van der Waals surface area contributed by atoms with Gasteiger partial charge < -0.3 is 4.52 Å². The first kappa shape index (κ1) is 15.7. The molecule has 0 saturated heterocycles. The molecule has 0 spiro atoms. The summed E-state index contributed by atoms with van der Waals surface area (Å²) in [5, 5.41) is 0. The molecule has 0 heterocycles. The van der Waals surface area contributed by atoms with Crippen molar-refractivity contribution in [1.29, 1.82) is 0 Å². The fourth-order valence-electron chi connectivity index (χ4n) is 0.250. The molecule has 1 fully saturated rings. The van der Waals surface area contributed by atoms with Crippen LogP contribution in [0.25, 0.3) is 0 Å². The molecule has 1 rings (SSSR count). The molecule has 1 unspecified atom stereocenters. The molecule has 0 aromatic rings. The van der Waals surface area contributed by atoms with Crippen molar-refractivity contribution in [3.8, 4) is 0 Å². The molecular weight excluding hydrogens is 186 g/mol. The van der Waals surface area contributed by atoms with Crippen molar-refractivity contribution >= 4 is 13.7 Å². The van der Waals surface area contributed by atoms with Gasteiger partial charge in [0, 0.05) is 13.8 Å². The second-order valence-corrected chi connectivity index (χ2v) is 5.63. The fourth-order valence-corrected chi connectivity index (χ4v) is 0.250. The van der Waals surface area contributed by atoms with Gasteiger partial charge in [-0.3, -0.25) is 0 Å². The van der Waals surface area contributed by atoms with Gasteiger partial charge in [-0.2, -0.15) is 0 Å². The Morgan fingerprint density at radius 3 is 1.38 bits per heavy atom. The Hall–Kier alpha value is 0.190. The molecule has 0 aliphatic heterocycles. The zero-order valence-electron chi connectivity index (χ0n) is 9.48. The fraction of sp³-hybridized carbons (Fsp3) is 0.900. The Bertz CT molecular complexity index is 123. The third kappa shape index (κ3) is 24.5. The lowest BCUT2D eigenvalue weighted by Crippen LogP contribution is -1.85. The highest BCUT2D eigenvalue weighted by Gasteiger charge is 1.96. The van der Waals surface area contributed by atoms with Gasteiger partial charge in [-0.05, 0) is 6.30 Å². The van der Waals surface area contributed by atoms with Crippen LogP contribution in [-0.4, -0.2) is 20.1 Å². The molecule has 1 saturated carbocycles. The maximum absolute atomic E-state index is 11.9. The van der Waals surface area contributed by atoms with Crippen molar-refractivity contribution < 1.29 is 8.72 Å². The van der Waals surface area contributed by atoms with E-state index in [0.717, 1.165) is 0 Å². The minimum Gasteiger partial charge on any atom is -0.337 e. The number of hydrogen-bond donors (Lipinski definition) is 0. The van der Waals surface area contributed by atoms with Crippen LogP contribution < -0.4 is 0 Å². The topological polar surface area (TPSA) is 9.23 Å². The molecule has 13 heavy (non-hydrogen) atoms. The second-order valence-electron chi connectivity index (χ2n) is 3.29. The highest BCUT2D eigenvalue weighted by Crippen LogP contribution is 2.41. The predicted octanol–water partition coefficient (Wildman–Crippen LogP) is 4.49. The quantitative estimate of drug-likeness (QED) is 0.579. The van der Waals surface area contributed by atoms with E-state index in [9.17, 15) is 4.20 Å². The third-order valence-electron chi connectivity index (χ3n) is 1.38. The van der Waals surface area contributed by atoms with Crippen LogP contribution in [0.4, 0.5) is 4.20 Å². The SMILES string of the molecule is C1CCC1.C=P(C)(F)OC.CCC. The van der Waals surface area contributed by atoms with E-state index in [-0.39, 0.29) is 0 Å². The van der Waals surface area contributed by atoms with Crippen molar-refractivity contribution in [2.75, 3.05) is 13.8 Å². The zero-order chi connectivity index (χ0) is 10.7. The molecule has 0 aromatic heterocycles. The van der Waals surface area contributed by atoms with Gasteiger partial charge in [0.05, 0.1) is 0 Å². The Kier molecular flexibility index (Phi) is 12.4. The Balaban J connectivity index is 0. The van der Waals surface area contributed by atoms with E-state index in [1.54, 1.807) is 0 Å². The smallest absolute Gasteiger partial charge is 0.160 e. The first-order valence-corrected chi connectivity index (χ1v) is 7.17. The van der Waals surface area contributed by atoms with Crippen molar-refractivity contribution in [3.05, 3.63) is 0 Å². The summed E-state index contributed by atoms with van der Waals surface area (Å²) in [5.41, 5.74) is 0. The van der Waals surface area contributed by atoms with Gasteiger partial charge in [0.25, 0.3) is 0 Å². The maximum atomic E-state index is 11.9. The molecule has 1 atom stereocenters. The van der Waals surface area contributed by atoms with Crippen molar-refractivity contribution in [2.24, 2.45) is 0 Å². The van der Waals surface area contributed by atoms with Gasteiger partial charge in [-0.15, -0.1) is 0 Å². The Morgan fingerprint density at radius 2 is 1.38 bits per heavy atom. The molecule has 82 valence electrons. The summed E-state index contributed by atoms with van der Waals surface area (Å²) in [6, 6.07) is 0. The monoisotopic (exact) mass is 210 g/mol. The first-order chi connectivity index (χ1) is 5.97. The average molecular weight is 210 g/mol. The lowest BCUT2D eigenvalue weighted by atomic mass is 10.0. The van der Waals surface area contributed by atoms with E-state index in [2.05, 4.69) is 24.7 Å². The van der Waals surface area contributed by atoms with Gasteiger partial charge in [0.1, 0.15) is 0 Å². The number of rotatable bonds is 1. The molecule has 1 nitrogen and oxygen atoms in total. The maximum Gasteiger partial charge on any atom is 0.160 e. The lowest BCUT2D eigenvalue weighted by Gasteiger charge is -2.05. The normalized spacial score (nSPS) is 17.9. The predicted molar refractivity (Wildman–Crippen MR) is 62.5 cm³/mol. The van der Waals surface area contributed by atoms with Crippen LogP contribution in [0.3, 0.4) is 0 Å². The van der Waals surface area contributed by atoms with E-state index in [0.29, 0.717) is 0 Å². The Labute approximate surface area is 82.9 Å². The molecule has 0 amide bonds. The van der Waals surface area contributed by atoms with Crippen LogP contribution in [0.2, 0.25) is 0 Å². The van der Waals surface area contributed by atoms with Gasteiger partial charge in [0.2, 0.25) is 0 Å². The van der Waals surface area contributed by atoms with E-state index in [1.165, 1.54) is 45.9 Å². The van der Waals surface area contributed by atoms with Gasteiger partial charge in [-0.25, -0.2) is 4.20 Å². The molecule has 1 aliphatic carbocycles. The molecule has 3 heteroatoms. The van der Waals surface area contributed by atoms with Crippen LogP contribution in [0, 0.1) is 0 Å². The van der Waals surface area contributed by atoms with Gasteiger partial charge in [0.15, 0.2) is 7.42 Å². The highest BCUT2D eigenvalue weighted by atomic mass is 31.2. The van der Waals surface area contributed by atoms with Crippen LogP contribution in [0.5, 0.6) is 0 Å². The summed E-state index contributed by atoms with van der Waals surface area (Å²) in [6.45, 7) is 5.60. The summed E-state index contributed by atoms with van der Waals surface area (Å²) in [7, 11) is -1.33. The van der Waals surface area contributed by atoms with Crippen LogP contribution in [0.15, 0.2) is 0 Å². The molecule has 0 N–H and O–H groups in total. The lowest BCUT2D eigenvalue weighted by molar-refractivity contribution is 0.431. The number of halogens is 1. The minimum atomic E-state index is -2.65. The van der Waals surface area contributed by atoms with E-state index < -0.39 is 7.42 Å². The standard InChI is InChI=1S/C4H8.C3H8FOP.C3H8/c1-2-4-3-1;1-5-6(2,3)4;1-3-2/h1-4H2;2H2,1,3H3;3H2,1-2H3. The summed E-state index contributed by atoms with van der Waals surface area (Å²) in [5.74, 6) is 0. The van der Waals surface area contributed by atoms with Gasteiger partial charge in [-0.1, -0.05) is 46.0 Å². The summed E-state index contributed by atoms with van der Waals surface area (Å²) in [6.07, 6.45) is 10.4. The van der Waals surface area contributed by atoms with Crippen LogP contribution >= 0.6 is 7.42 Å². The van der Waals surface area contributed by atoms with E-state index in [4.69, 9.17) is 0 Å². The minimum absolute atomic E-state index is 1.25. The van der Waals surface area contributed by atoms with Crippen LogP contribution in [0.1, 0.15) is 46.0 Å². The highest BCUT2D eigenvalue weighted by molar-refractivity contribution is 7.63. The van der Waals surface area contributed by atoms with Crippen molar-refractivity contribution in [1.82, 2.24) is 0 Å². The molecule has 0 aromatic carbocycles. The third-order valence-corrected chi connectivity index (χ3v) is 2.14. The first-order valence-electron chi connectivity index (χ1n) is 4.94. The Morgan fingerprint density at radius 1 is 1.23 bits per heavy atom. The van der Waals surface area contributed by atoms with Crippen molar-refractivity contribution in [3.63, 3.8) is 0 Å². The molecule has 0 bridgehead atoms. The zero-order valence-corrected chi connectivity index (χ0v) is 10.4. The second kappa shape index (κ2) is 10.3. The largest absolute Gasteiger partial charge is 0.337 e. The van der Waals surface area contributed by atoms with E-state index >= 15 is 0 Å². The average Bonchev–Trinajstić information content (AvgIpc) is 1.84. The van der Waals surface area contributed by atoms with E-state index in [1.807, 2.05) is 0 Å². The molecule has 1 aliphatic rings. The molecular formula is C10H24FOP. The summed E-state index contributed by atoms with van der Waals surface area (Å²) in [4.78, 5) is 0. The number of hydrogen-bond acceptors (Lipinski definition) is 1. The van der Waals surface area contributed by atoms with Crippen molar-refractivity contribution in [2.45, 2.75) is 46.0 Å². The molecule has 0 radical (unpaired) electrons. The van der Waals surface area contributed by atoms with Gasteiger partial charge >= 0.3 is 0 Å². The van der Waals surface area contributed by atoms with Crippen LogP contribution in [-0.2, 0) is 4.52 Å².